The smallest absolute Gasteiger partial charge is 0.258 e. The Morgan fingerprint density at radius 2 is 1.72 bits per heavy atom. The number of hydrogen-bond acceptors (Lipinski definition) is 3. The molecule has 1 saturated carbocycles. The van der Waals surface area contributed by atoms with Crippen LogP contribution in [0.2, 0.25) is 0 Å². The first-order chi connectivity index (χ1) is 13.9. The number of benzene rings is 2. The van der Waals surface area contributed by atoms with Gasteiger partial charge in [0.25, 0.3) is 5.91 Å². The number of rotatable bonds is 4. The molecule has 4 heteroatoms. The van der Waals surface area contributed by atoms with Crippen molar-refractivity contribution in [1.82, 2.24) is 4.90 Å². The van der Waals surface area contributed by atoms with Crippen LogP contribution in [-0.2, 0) is 19.5 Å². The molecular formula is C25H31NO3. The molecule has 0 bridgehead atoms. The highest BCUT2D eigenvalue weighted by molar-refractivity contribution is 5.97. The maximum Gasteiger partial charge on any atom is 0.258 e. The van der Waals surface area contributed by atoms with E-state index in [0.29, 0.717) is 18.7 Å². The number of phenols is 2. The minimum Gasteiger partial charge on any atom is -0.508 e. The Balaban J connectivity index is 1.50. The average Bonchev–Trinajstić information content (AvgIpc) is 3.11. The number of carbonyl (C=O) groups is 1. The maximum absolute atomic E-state index is 13.1. The molecule has 0 unspecified atom stereocenters. The van der Waals surface area contributed by atoms with Gasteiger partial charge in [-0.25, -0.2) is 0 Å². The highest BCUT2D eigenvalue weighted by Crippen LogP contribution is 2.35. The van der Waals surface area contributed by atoms with E-state index >= 15 is 0 Å². The van der Waals surface area contributed by atoms with Crippen molar-refractivity contribution in [2.24, 2.45) is 5.92 Å². The molecule has 29 heavy (non-hydrogen) atoms. The molecule has 4 nitrogen and oxygen atoms in total. The molecule has 2 aromatic carbocycles. The van der Waals surface area contributed by atoms with Crippen molar-refractivity contribution in [3.63, 3.8) is 0 Å². The first-order valence-electron chi connectivity index (χ1n) is 10.9. The average molecular weight is 394 g/mol. The normalized spacial score (nSPS) is 17.0. The summed E-state index contributed by atoms with van der Waals surface area (Å²) in [4.78, 5) is 14.9. The first-order valence-corrected chi connectivity index (χ1v) is 10.9. The van der Waals surface area contributed by atoms with E-state index in [4.69, 9.17) is 0 Å². The molecule has 1 aliphatic heterocycles. The lowest BCUT2D eigenvalue weighted by atomic mass is 9.84. The topological polar surface area (TPSA) is 60.8 Å². The fraction of sp³-hybridized carbons (Fsp3) is 0.480. The summed E-state index contributed by atoms with van der Waals surface area (Å²) in [7, 11) is 0. The number of aromatic hydroxyl groups is 2. The van der Waals surface area contributed by atoms with Crippen LogP contribution in [0.1, 0.15) is 84.5 Å². The summed E-state index contributed by atoms with van der Waals surface area (Å²) in [6.07, 6.45) is 7.89. The fourth-order valence-corrected chi connectivity index (χ4v) is 4.84. The zero-order valence-corrected chi connectivity index (χ0v) is 17.4. The molecule has 1 aliphatic carbocycles. The van der Waals surface area contributed by atoms with Crippen molar-refractivity contribution in [3.8, 4) is 11.5 Å². The number of nitrogens with zero attached hydrogens (tertiary/aromatic N) is 1. The molecule has 1 fully saturated rings. The standard InChI is InChI=1S/C25H31NO3/c1-16(2)21-12-22(24(28)13-23(21)27)25(29)26-14-19-9-8-18(11-20(19)15-26)10-17-6-4-3-5-7-17/h8-9,11-13,16-17,27-28H,3-7,10,14-15H2,1-2H3. The van der Waals surface area contributed by atoms with Gasteiger partial charge in [-0.3, -0.25) is 4.79 Å². The Kier molecular flexibility index (Phi) is 5.53. The molecule has 1 amide bonds. The summed E-state index contributed by atoms with van der Waals surface area (Å²) in [6, 6.07) is 9.57. The van der Waals surface area contributed by atoms with Gasteiger partial charge >= 0.3 is 0 Å². The second kappa shape index (κ2) is 8.10. The first kappa shape index (κ1) is 19.8. The van der Waals surface area contributed by atoms with Crippen molar-refractivity contribution in [1.29, 1.82) is 0 Å². The van der Waals surface area contributed by atoms with Gasteiger partial charge in [0.2, 0.25) is 0 Å². The minimum absolute atomic E-state index is 0.0334. The third-order valence-electron chi connectivity index (χ3n) is 6.53. The van der Waals surface area contributed by atoms with Crippen LogP contribution in [0, 0.1) is 5.92 Å². The van der Waals surface area contributed by atoms with E-state index < -0.39 is 0 Å². The van der Waals surface area contributed by atoms with Crippen molar-refractivity contribution in [3.05, 3.63) is 58.1 Å². The number of hydrogen-bond donors (Lipinski definition) is 2. The van der Waals surface area contributed by atoms with E-state index in [1.807, 2.05) is 13.8 Å². The Hall–Kier alpha value is -2.49. The van der Waals surface area contributed by atoms with Crippen molar-refractivity contribution >= 4 is 5.91 Å². The van der Waals surface area contributed by atoms with Crippen molar-refractivity contribution in [2.45, 2.75) is 71.4 Å². The lowest BCUT2D eigenvalue weighted by Gasteiger charge is -2.21. The van der Waals surface area contributed by atoms with E-state index in [2.05, 4.69) is 18.2 Å². The summed E-state index contributed by atoms with van der Waals surface area (Å²) in [5.74, 6) is 0.552. The maximum atomic E-state index is 13.1. The molecular weight excluding hydrogens is 362 g/mol. The monoisotopic (exact) mass is 393 g/mol. The number of amides is 1. The summed E-state index contributed by atoms with van der Waals surface area (Å²) in [5, 5.41) is 20.3. The van der Waals surface area contributed by atoms with Gasteiger partial charge in [0, 0.05) is 19.2 Å². The van der Waals surface area contributed by atoms with Gasteiger partial charge in [-0.1, -0.05) is 64.2 Å². The largest absolute Gasteiger partial charge is 0.508 e. The Bertz CT molecular complexity index is 913. The minimum atomic E-state index is -0.186. The van der Waals surface area contributed by atoms with Crippen LogP contribution in [0.15, 0.2) is 30.3 Å². The van der Waals surface area contributed by atoms with E-state index in [1.165, 1.54) is 54.9 Å². The fourth-order valence-electron chi connectivity index (χ4n) is 4.84. The lowest BCUT2D eigenvalue weighted by molar-refractivity contribution is 0.0748. The van der Waals surface area contributed by atoms with Crippen LogP contribution in [0.5, 0.6) is 11.5 Å². The molecule has 2 aromatic rings. The van der Waals surface area contributed by atoms with Crippen LogP contribution in [-0.4, -0.2) is 21.0 Å². The van der Waals surface area contributed by atoms with E-state index in [1.54, 1.807) is 11.0 Å². The van der Waals surface area contributed by atoms with Crippen LogP contribution < -0.4 is 0 Å². The molecule has 2 N–H and O–H groups in total. The van der Waals surface area contributed by atoms with Crippen molar-refractivity contribution < 1.29 is 15.0 Å². The predicted molar refractivity (Wildman–Crippen MR) is 114 cm³/mol. The third kappa shape index (κ3) is 4.12. The second-order valence-electron chi connectivity index (χ2n) is 9.06. The molecule has 0 spiro atoms. The van der Waals surface area contributed by atoms with E-state index in [-0.39, 0.29) is 28.9 Å². The molecule has 0 saturated heterocycles. The van der Waals surface area contributed by atoms with Gasteiger partial charge in [0.1, 0.15) is 11.5 Å². The second-order valence-corrected chi connectivity index (χ2v) is 9.06. The quantitative estimate of drug-likeness (QED) is 0.721. The third-order valence-corrected chi connectivity index (χ3v) is 6.53. The van der Waals surface area contributed by atoms with Crippen molar-refractivity contribution in [2.75, 3.05) is 0 Å². The Morgan fingerprint density at radius 3 is 2.45 bits per heavy atom. The lowest BCUT2D eigenvalue weighted by Crippen LogP contribution is -2.25. The van der Waals surface area contributed by atoms with Crippen LogP contribution in [0.25, 0.3) is 0 Å². The zero-order valence-electron chi connectivity index (χ0n) is 17.4. The Morgan fingerprint density at radius 1 is 1.00 bits per heavy atom. The highest BCUT2D eigenvalue weighted by atomic mass is 16.3. The van der Waals surface area contributed by atoms with Gasteiger partial charge in [-0.05, 0) is 46.6 Å². The highest BCUT2D eigenvalue weighted by Gasteiger charge is 2.27. The summed E-state index contributed by atoms with van der Waals surface area (Å²) >= 11 is 0. The zero-order chi connectivity index (χ0) is 20.5. The molecule has 1 heterocycles. The molecule has 4 rings (SSSR count). The predicted octanol–water partition coefficient (Wildman–Crippen LogP) is 5.50. The summed E-state index contributed by atoms with van der Waals surface area (Å²) < 4.78 is 0. The molecule has 154 valence electrons. The molecule has 0 aromatic heterocycles. The molecule has 2 aliphatic rings. The van der Waals surface area contributed by atoms with Crippen LogP contribution in [0.4, 0.5) is 0 Å². The van der Waals surface area contributed by atoms with E-state index in [0.717, 1.165) is 12.3 Å². The number of fused-ring (bicyclic) bond motifs is 1. The van der Waals surface area contributed by atoms with Gasteiger partial charge in [-0.2, -0.15) is 0 Å². The molecule has 0 atom stereocenters. The number of phenolic OH excluding ortho intramolecular Hbond substituents is 2. The molecule has 0 radical (unpaired) electrons. The van der Waals surface area contributed by atoms with Gasteiger partial charge in [-0.15, -0.1) is 0 Å². The SMILES string of the molecule is CC(C)c1cc(C(=O)N2Cc3ccc(CC4CCCCC4)cc3C2)c(O)cc1O. The van der Waals surface area contributed by atoms with E-state index in [9.17, 15) is 15.0 Å². The van der Waals surface area contributed by atoms with Gasteiger partial charge < -0.3 is 15.1 Å². The summed E-state index contributed by atoms with van der Waals surface area (Å²) in [5.41, 5.74) is 4.72. The van der Waals surface area contributed by atoms with Gasteiger partial charge in [0.05, 0.1) is 5.56 Å². The van der Waals surface area contributed by atoms with Crippen LogP contribution in [0.3, 0.4) is 0 Å². The number of carbonyl (C=O) groups excluding carboxylic acids is 1. The Labute approximate surface area is 173 Å². The van der Waals surface area contributed by atoms with Crippen LogP contribution >= 0.6 is 0 Å². The summed E-state index contributed by atoms with van der Waals surface area (Å²) in [6.45, 7) is 5.05. The van der Waals surface area contributed by atoms with Gasteiger partial charge in [0.15, 0.2) is 0 Å².